The Hall–Kier alpha value is -1.59. The molecule has 1 aromatic rings. The van der Waals surface area contributed by atoms with Gasteiger partial charge in [0, 0.05) is 19.1 Å². The summed E-state index contributed by atoms with van der Waals surface area (Å²) < 4.78 is 5.41. The van der Waals surface area contributed by atoms with E-state index in [0.717, 1.165) is 18.4 Å². The summed E-state index contributed by atoms with van der Waals surface area (Å²) in [7, 11) is 0. The van der Waals surface area contributed by atoms with Gasteiger partial charge in [0.25, 0.3) is 0 Å². The highest BCUT2D eigenvalue weighted by atomic mass is 16.6. The van der Waals surface area contributed by atoms with Gasteiger partial charge in [-0.2, -0.15) is 0 Å². The van der Waals surface area contributed by atoms with Crippen molar-refractivity contribution in [2.75, 3.05) is 19.7 Å². The van der Waals surface area contributed by atoms with Gasteiger partial charge in [-0.1, -0.05) is 30.3 Å². The number of carbonyl (C=O) groups is 1. The number of carbonyl (C=O) groups excluding carboxylic acids is 1. The first-order valence-corrected chi connectivity index (χ1v) is 8.29. The second-order valence-electron chi connectivity index (χ2n) is 7.05. The number of piperidine rings is 1. The van der Waals surface area contributed by atoms with E-state index in [1.54, 1.807) is 4.90 Å². The molecular weight excluding hydrogens is 292 g/mol. The van der Waals surface area contributed by atoms with Crippen LogP contribution in [0.1, 0.15) is 45.2 Å². The molecule has 1 aromatic carbocycles. The lowest BCUT2D eigenvalue weighted by Gasteiger charge is -2.35. The molecular formula is C18H28N2O3. The second-order valence-corrected chi connectivity index (χ2v) is 7.05. The normalized spacial score (nSPS) is 17.8. The summed E-state index contributed by atoms with van der Waals surface area (Å²) in [6, 6.07) is 10.2. The summed E-state index contributed by atoms with van der Waals surface area (Å²) >= 11 is 0. The lowest BCUT2D eigenvalue weighted by atomic mass is 10.0. The fourth-order valence-electron chi connectivity index (χ4n) is 2.78. The van der Waals surface area contributed by atoms with Crippen LogP contribution in [0.5, 0.6) is 0 Å². The average molecular weight is 320 g/mol. The van der Waals surface area contributed by atoms with E-state index in [9.17, 15) is 9.90 Å². The maximum Gasteiger partial charge on any atom is 0.410 e. The Bertz CT molecular complexity index is 491. The Morgan fingerprint density at radius 3 is 2.43 bits per heavy atom. The van der Waals surface area contributed by atoms with Gasteiger partial charge in [-0.15, -0.1) is 0 Å². The van der Waals surface area contributed by atoms with Crippen LogP contribution in [0.2, 0.25) is 0 Å². The average Bonchev–Trinajstić information content (AvgIpc) is 2.52. The highest BCUT2D eigenvalue weighted by molar-refractivity contribution is 5.68. The first-order chi connectivity index (χ1) is 10.9. The minimum Gasteiger partial charge on any atom is -0.444 e. The summed E-state index contributed by atoms with van der Waals surface area (Å²) in [6.07, 6.45) is 1.49. The van der Waals surface area contributed by atoms with Gasteiger partial charge < -0.3 is 20.1 Å². The van der Waals surface area contributed by atoms with Crippen molar-refractivity contribution in [2.24, 2.45) is 0 Å². The SMILES string of the molecule is CC(C)(C)OC(=O)N1CCC(N[C@H](CO)c2ccccc2)CC1. The molecule has 2 N–H and O–H groups in total. The number of aliphatic hydroxyl groups is 1. The molecule has 1 aliphatic rings. The first-order valence-electron chi connectivity index (χ1n) is 8.29. The molecule has 1 amide bonds. The van der Waals surface area contributed by atoms with E-state index in [1.165, 1.54) is 0 Å². The zero-order valence-electron chi connectivity index (χ0n) is 14.3. The second kappa shape index (κ2) is 7.79. The van der Waals surface area contributed by atoms with Gasteiger partial charge in [0.2, 0.25) is 0 Å². The van der Waals surface area contributed by atoms with Crippen molar-refractivity contribution >= 4 is 6.09 Å². The van der Waals surface area contributed by atoms with Crippen LogP contribution in [-0.4, -0.2) is 47.4 Å². The molecule has 0 aliphatic carbocycles. The lowest BCUT2D eigenvalue weighted by Crippen LogP contribution is -2.47. The molecule has 5 nitrogen and oxygen atoms in total. The van der Waals surface area contributed by atoms with Gasteiger partial charge in [-0.25, -0.2) is 4.79 Å². The molecule has 0 aromatic heterocycles. The zero-order valence-corrected chi connectivity index (χ0v) is 14.3. The predicted molar refractivity (Wildman–Crippen MR) is 90.2 cm³/mol. The maximum absolute atomic E-state index is 12.1. The lowest BCUT2D eigenvalue weighted by molar-refractivity contribution is 0.0193. The Kier molecular flexibility index (Phi) is 6.02. The highest BCUT2D eigenvalue weighted by Crippen LogP contribution is 2.19. The van der Waals surface area contributed by atoms with E-state index in [0.29, 0.717) is 19.1 Å². The summed E-state index contributed by atoms with van der Waals surface area (Å²) in [4.78, 5) is 13.8. The molecule has 0 spiro atoms. The predicted octanol–water partition coefficient (Wildman–Crippen LogP) is 2.71. The smallest absolute Gasteiger partial charge is 0.410 e. The number of ether oxygens (including phenoxy) is 1. The summed E-state index contributed by atoms with van der Waals surface area (Å²) in [5.41, 5.74) is 0.631. The molecule has 0 saturated carbocycles. The van der Waals surface area contributed by atoms with Crippen LogP contribution in [0.3, 0.4) is 0 Å². The number of hydrogen-bond acceptors (Lipinski definition) is 4. The maximum atomic E-state index is 12.1. The summed E-state index contributed by atoms with van der Waals surface area (Å²) in [5, 5.41) is 13.1. The fourth-order valence-corrected chi connectivity index (χ4v) is 2.78. The van der Waals surface area contributed by atoms with Crippen molar-refractivity contribution in [1.82, 2.24) is 10.2 Å². The van der Waals surface area contributed by atoms with Crippen molar-refractivity contribution in [1.29, 1.82) is 0 Å². The Labute approximate surface area is 138 Å². The molecule has 1 heterocycles. The van der Waals surface area contributed by atoms with E-state index >= 15 is 0 Å². The summed E-state index contributed by atoms with van der Waals surface area (Å²) in [6.45, 7) is 7.07. The number of nitrogens with zero attached hydrogens (tertiary/aromatic N) is 1. The van der Waals surface area contributed by atoms with Gasteiger partial charge in [0.1, 0.15) is 5.60 Å². The molecule has 0 radical (unpaired) electrons. The molecule has 1 aliphatic heterocycles. The van der Waals surface area contributed by atoms with Crippen LogP contribution >= 0.6 is 0 Å². The first kappa shape index (κ1) is 17.8. The zero-order chi connectivity index (χ0) is 16.9. The van der Waals surface area contributed by atoms with E-state index in [4.69, 9.17) is 4.74 Å². The third kappa shape index (κ3) is 5.52. The number of aliphatic hydroxyl groups excluding tert-OH is 1. The molecule has 23 heavy (non-hydrogen) atoms. The number of hydrogen-bond donors (Lipinski definition) is 2. The van der Waals surface area contributed by atoms with Crippen LogP contribution in [0.4, 0.5) is 4.79 Å². The van der Waals surface area contributed by atoms with Gasteiger partial charge in [0.15, 0.2) is 0 Å². The molecule has 1 fully saturated rings. The molecule has 1 atom stereocenters. The quantitative estimate of drug-likeness (QED) is 0.895. The molecule has 128 valence electrons. The van der Waals surface area contributed by atoms with Crippen LogP contribution < -0.4 is 5.32 Å². The molecule has 2 rings (SSSR count). The van der Waals surface area contributed by atoms with Crippen LogP contribution in [-0.2, 0) is 4.74 Å². The van der Waals surface area contributed by atoms with Gasteiger partial charge in [0.05, 0.1) is 12.6 Å². The topological polar surface area (TPSA) is 61.8 Å². The van der Waals surface area contributed by atoms with Crippen molar-refractivity contribution < 1.29 is 14.6 Å². The monoisotopic (exact) mass is 320 g/mol. The third-order valence-corrected chi connectivity index (χ3v) is 3.97. The van der Waals surface area contributed by atoms with Crippen molar-refractivity contribution in [3.8, 4) is 0 Å². The van der Waals surface area contributed by atoms with Crippen molar-refractivity contribution in [3.05, 3.63) is 35.9 Å². The molecule has 5 heteroatoms. The minimum absolute atomic E-state index is 0.0609. The van der Waals surface area contributed by atoms with Crippen LogP contribution in [0.15, 0.2) is 30.3 Å². The Morgan fingerprint density at radius 1 is 1.30 bits per heavy atom. The standard InChI is InChI=1S/C18H28N2O3/c1-18(2,3)23-17(22)20-11-9-15(10-12-20)19-16(13-21)14-7-5-4-6-8-14/h4-8,15-16,19,21H,9-13H2,1-3H3/t16-/m1/s1. The Balaban J connectivity index is 1.83. The molecule has 0 bridgehead atoms. The summed E-state index contributed by atoms with van der Waals surface area (Å²) in [5.74, 6) is 0. The molecule has 1 saturated heterocycles. The minimum atomic E-state index is -0.457. The van der Waals surface area contributed by atoms with E-state index < -0.39 is 5.60 Å². The van der Waals surface area contributed by atoms with Gasteiger partial charge in [-0.3, -0.25) is 0 Å². The number of likely N-dealkylation sites (tertiary alicyclic amines) is 1. The van der Waals surface area contributed by atoms with Crippen LogP contribution in [0.25, 0.3) is 0 Å². The van der Waals surface area contributed by atoms with Gasteiger partial charge in [-0.05, 0) is 39.2 Å². The van der Waals surface area contributed by atoms with E-state index in [2.05, 4.69) is 5.32 Å². The van der Waals surface area contributed by atoms with Crippen LogP contribution in [0, 0.1) is 0 Å². The number of benzene rings is 1. The van der Waals surface area contributed by atoms with E-state index in [1.807, 2.05) is 51.1 Å². The number of rotatable bonds is 4. The largest absolute Gasteiger partial charge is 0.444 e. The molecule has 0 unspecified atom stereocenters. The van der Waals surface area contributed by atoms with E-state index in [-0.39, 0.29) is 18.7 Å². The number of amides is 1. The number of nitrogens with one attached hydrogen (secondary N) is 1. The van der Waals surface area contributed by atoms with Crippen molar-refractivity contribution in [3.63, 3.8) is 0 Å². The fraction of sp³-hybridized carbons (Fsp3) is 0.611. The van der Waals surface area contributed by atoms with Crippen molar-refractivity contribution in [2.45, 2.75) is 51.3 Å². The highest BCUT2D eigenvalue weighted by Gasteiger charge is 2.27. The Morgan fingerprint density at radius 2 is 1.91 bits per heavy atom. The van der Waals surface area contributed by atoms with Gasteiger partial charge >= 0.3 is 6.09 Å². The third-order valence-electron chi connectivity index (χ3n) is 3.97.